The monoisotopic (exact) mass is 290 g/mol. The molecule has 0 N–H and O–H groups in total. The second-order valence-corrected chi connectivity index (χ2v) is 5.60. The van der Waals surface area contributed by atoms with Crippen LogP contribution in [-0.2, 0) is 16.1 Å². The third kappa shape index (κ3) is 5.14. The van der Waals surface area contributed by atoms with Gasteiger partial charge in [0, 0.05) is 32.6 Å². The van der Waals surface area contributed by atoms with Gasteiger partial charge in [-0.15, -0.1) is 0 Å². The first-order valence-corrected chi connectivity index (χ1v) is 7.82. The Hall–Kier alpha value is -1.39. The number of aryl methyl sites for hydroxylation is 1. The Balaban J connectivity index is 1.80. The van der Waals surface area contributed by atoms with Crippen LogP contribution in [0.3, 0.4) is 0 Å². The van der Waals surface area contributed by atoms with Crippen molar-refractivity contribution in [1.82, 2.24) is 9.80 Å². The number of hydrogen-bond donors (Lipinski definition) is 0. The van der Waals surface area contributed by atoms with E-state index < -0.39 is 0 Å². The number of amides is 1. The van der Waals surface area contributed by atoms with E-state index in [1.807, 2.05) is 4.90 Å². The fourth-order valence-electron chi connectivity index (χ4n) is 2.64. The van der Waals surface area contributed by atoms with Gasteiger partial charge in [-0.2, -0.15) is 0 Å². The van der Waals surface area contributed by atoms with Crippen molar-refractivity contribution in [2.24, 2.45) is 0 Å². The van der Waals surface area contributed by atoms with Crippen LogP contribution in [-0.4, -0.2) is 55.1 Å². The van der Waals surface area contributed by atoms with Crippen molar-refractivity contribution in [2.45, 2.75) is 26.8 Å². The normalized spacial score (nSPS) is 15.5. The molecule has 1 fully saturated rings. The molecule has 1 heterocycles. The Labute approximate surface area is 127 Å². The smallest absolute Gasteiger partial charge is 0.224 e. The van der Waals surface area contributed by atoms with Crippen molar-refractivity contribution in [2.75, 3.05) is 39.4 Å². The lowest BCUT2D eigenvalue weighted by atomic mass is 10.1. The highest BCUT2D eigenvalue weighted by Gasteiger charge is 2.17. The van der Waals surface area contributed by atoms with Crippen molar-refractivity contribution in [3.63, 3.8) is 0 Å². The number of ether oxygens (including phenoxy) is 1. The van der Waals surface area contributed by atoms with Crippen LogP contribution in [0, 0.1) is 6.92 Å². The van der Waals surface area contributed by atoms with E-state index in [-0.39, 0.29) is 5.91 Å². The van der Waals surface area contributed by atoms with Crippen LogP contribution in [0.1, 0.15) is 24.5 Å². The zero-order valence-corrected chi connectivity index (χ0v) is 13.2. The van der Waals surface area contributed by atoms with E-state index in [1.165, 1.54) is 11.1 Å². The maximum atomic E-state index is 12.2. The average molecular weight is 290 g/mol. The molecule has 21 heavy (non-hydrogen) atoms. The molecule has 1 aliphatic heterocycles. The van der Waals surface area contributed by atoms with E-state index in [0.29, 0.717) is 19.6 Å². The molecule has 0 bridgehead atoms. The molecule has 0 spiro atoms. The molecule has 2 rings (SSSR count). The molecular weight excluding hydrogens is 264 g/mol. The number of morpholine rings is 1. The van der Waals surface area contributed by atoms with Gasteiger partial charge in [0.1, 0.15) is 0 Å². The number of carbonyl (C=O) groups is 1. The van der Waals surface area contributed by atoms with Crippen LogP contribution in [0.2, 0.25) is 0 Å². The van der Waals surface area contributed by atoms with Gasteiger partial charge < -0.3 is 9.64 Å². The number of rotatable bonds is 6. The third-order valence-electron chi connectivity index (χ3n) is 3.94. The van der Waals surface area contributed by atoms with Crippen LogP contribution in [0.15, 0.2) is 24.3 Å². The molecule has 1 aromatic rings. The molecule has 0 aliphatic carbocycles. The van der Waals surface area contributed by atoms with E-state index in [0.717, 1.165) is 32.7 Å². The van der Waals surface area contributed by atoms with Crippen molar-refractivity contribution in [3.05, 3.63) is 35.4 Å². The minimum absolute atomic E-state index is 0.251. The zero-order valence-electron chi connectivity index (χ0n) is 13.2. The maximum absolute atomic E-state index is 12.2. The van der Waals surface area contributed by atoms with Gasteiger partial charge in [0.05, 0.1) is 13.2 Å². The van der Waals surface area contributed by atoms with Gasteiger partial charge in [-0.1, -0.05) is 36.8 Å². The predicted octanol–water partition coefficient (Wildman–Crippen LogP) is 2.07. The van der Waals surface area contributed by atoms with Gasteiger partial charge in [0.15, 0.2) is 0 Å². The van der Waals surface area contributed by atoms with Crippen LogP contribution in [0.25, 0.3) is 0 Å². The van der Waals surface area contributed by atoms with Crippen molar-refractivity contribution < 1.29 is 9.53 Å². The summed E-state index contributed by atoms with van der Waals surface area (Å²) in [4.78, 5) is 16.4. The first-order chi connectivity index (χ1) is 10.2. The number of carbonyl (C=O) groups excluding carboxylic acids is 1. The minimum Gasteiger partial charge on any atom is -0.378 e. The predicted molar refractivity (Wildman–Crippen MR) is 84.1 cm³/mol. The number of benzene rings is 1. The molecule has 0 aromatic heterocycles. The molecule has 1 amide bonds. The van der Waals surface area contributed by atoms with Gasteiger partial charge in [-0.05, 0) is 19.0 Å². The summed E-state index contributed by atoms with van der Waals surface area (Å²) >= 11 is 0. The first-order valence-electron chi connectivity index (χ1n) is 7.82. The molecular formula is C17H26N2O2. The van der Waals surface area contributed by atoms with Crippen LogP contribution in [0.5, 0.6) is 0 Å². The summed E-state index contributed by atoms with van der Waals surface area (Å²) < 4.78 is 5.28. The molecule has 116 valence electrons. The highest BCUT2D eigenvalue weighted by molar-refractivity contribution is 5.76. The fourth-order valence-corrected chi connectivity index (χ4v) is 2.64. The Morgan fingerprint density at radius 1 is 1.33 bits per heavy atom. The molecule has 4 heteroatoms. The SMILES string of the molecule is CCN(CCC(=O)N1CCOCC1)Cc1cccc(C)c1. The van der Waals surface area contributed by atoms with Gasteiger partial charge >= 0.3 is 0 Å². The summed E-state index contributed by atoms with van der Waals surface area (Å²) in [6.07, 6.45) is 0.597. The summed E-state index contributed by atoms with van der Waals surface area (Å²) in [6.45, 7) is 9.78. The van der Waals surface area contributed by atoms with Crippen molar-refractivity contribution in [1.29, 1.82) is 0 Å². The molecule has 0 radical (unpaired) electrons. The largest absolute Gasteiger partial charge is 0.378 e. The van der Waals surface area contributed by atoms with E-state index in [2.05, 4.69) is 43.0 Å². The molecule has 1 aromatic carbocycles. The van der Waals surface area contributed by atoms with Gasteiger partial charge in [-0.25, -0.2) is 0 Å². The van der Waals surface area contributed by atoms with Crippen LogP contribution in [0.4, 0.5) is 0 Å². The second-order valence-electron chi connectivity index (χ2n) is 5.60. The number of hydrogen-bond acceptors (Lipinski definition) is 3. The second kappa shape index (κ2) is 8.15. The average Bonchev–Trinajstić information content (AvgIpc) is 2.52. The van der Waals surface area contributed by atoms with Crippen LogP contribution < -0.4 is 0 Å². The molecule has 0 saturated carbocycles. The Morgan fingerprint density at radius 3 is 2.76 bits per heavy atom. The standard InChI is InChI=1S/C17H26N2O2/c1-3-18(14-16-6-4-5-15(2)13-16)8-7-17(20)19-9-11-21-12-10-19/h4-6,13H,3,7-12,14H2,1-2H3. The first kappa shape index (κ1) is 16.0. The molecule has 4 nitrogen and oxygen atoms in total. The van der Waals surface area contributed by atoms with Crippen molar-refractivity contribution in [3.8, 4) is 0 Å². The fraction of sp³-hybridized carbons (Fsp3) is 0.588. The Morgan fingerprint density at radius 2 is 2.10 bits per heavy atom. The lowest BCUT2D eigenvalue weighted by Crippen LogP contribution is -2.42. The Bertz CT molecular complexity index is 456. The van der Waals surface area contributed by atoms with E-state index in [1.54, 1.807) is 0 Å². The summed E-state index contributed by atoms with van der Waals surface area (Å²) in [7, 11) is 0. The van der Waals surface area contributed by atoms with Crippen molar-refractivity contribution >= 4 is 5.91 Å². The van der Waals surface area contributed by atoms with Gasteiger partial charge in [-0.3, -0.25) is 9.69 Å². The summed E-state index contributed by atoms with van der Waals surface area (Å²) in [5, 5.41) is 0. The van der Waals surface area contributed by atoms with E-state index in [9.17, 15) is 4.79 Å². The molecule has 1 saturated heterocycles. The van der Waals surface area contributed by atoms with E-state index >= 15 is 0 Å². The third-order valence-corrected chi connectivity index (χ3v) is 3.94. The topological polar surface area (TPSA) is 32.8 Å². The zero-order chi connectivity index (χ0) is 15.1. The molecule has 0 unspecified atom stereocenters. The summed E-state index contributed by atoms with van der Waals surface area (Å²) in [5.74, 6) is 0.251. The molecule has 0 atom stereocenters. The lowest BCUT2D eigenvalue weighted by molar-refractivity contribution is -0.135. The number of nitrogens with zero attached hydrogens (tertiary/aromatic N) is 2. The van der Waals surface area contributed by atoms with Gasteiger partial charge in [0.2, 0.25) is 5.91 Å². The quantitative estimate of drug-likeness (QED) is 0.804. The van der Waals surface area contributed by atoms with Crippen LogP contribution >= 0.6 is 0 Å². The maximum Gasteiger partial charge on any atom is 0.224 e. The minimum atomic E-state index is 0.251. The lowest BCUT2D eigenvalue weighted by Gasteiger charge is -2.28. The van der Waals surface area contributed by atoms with E-state index in [4.69, 9.17) is 4.74 Å². The highest BCUT2D eigenvalue weighted by atomic mass is 16.5. The highest BCUT2D eigenvalue weighted by Crippen LogP contribution is 2.09. The Kier molecular flexibility index (Phi) is 6.21. The van der Waals surface area contributed by atoms with Gasteiger partial charge in [0.25, 0.3) is 0 Å². The molecule has 1 aliphatic rings. The summed E-state index contributed by atoms with van der Waals surface area (Å²) in [6, 6.07) is 8.57. The summed E-state index contributed by atoms with van der Waals surface area (Å²) in [5.41, 5.74) is 2.60.